The van der Waals surface area contributed by atoms with E-state index in [1.807, 2.05) is 44.2 Å². The number of ether oxygens (including phenoxy) is 1. The third kappa shape index (κ3) is 3.28. The van der Waals surface area contributed by atoms with Crippen LogP contribution in [-0.4, -0.2) is 27.6 Å². The Morgan fingerprint density at radius 1 is 1.21 bits per heavy atom. The van der Waals surface area contributed by atoms with E-state index in [1.165, 1.54) is 0 Å². The summed E-state index contributed by atoms with van der Waals surface area (Å²) in [5.41, 5.74) is 5.01. The van der Waals surface area contributed by atoms with Gasteiger partial charge in [-0.2, -0.15) is 5.10 Å². The van der Waals surface area contributed by atoms with Crippen LogP contribution in [0, 0.1) is 13.8 Å². The highest BCUT2D eigenvalue weighted by Gasteiger charge is 2.15. The molecule has 0 saturated carbocycles. The standard InChI is InChI=1S/C18H20N4O2/c1-12-8-13(2)22-17(21-12)16(10-20-22)18(23)19-9-14-4-6-15(7-5-14)11-24-3/h4-8,10H,9,11H2,1-3H3,(H,19,23). The van der Waals surface area contributed by atoms with Crippen LogP contribution >= 0.6 is 0 Å². The third-order valence-electron chi connectivity index (χ3n) is 3.81. The topological polar surface area (TPSA) is 68.5 Å². The summed E-state index contributed by atoms with van der Waals surface area (Å²) in [5.74, 6) is -0.177. The van der Waals surface area contributed by atoms with E-state index >= 15 is 0 Å². The van der Waals surface area contributed by atoms with E-state index in [2.05, 4.69) is 15.4 Å². The Morgan fingerprint density at radius 2 is 1.92 bits per heavy atom. The van der Waals surface area contributed by atoms with Crippen molar-refractivity contribution in [2.24, 2.45) is 0 Å². The van der Waals surface area contributed by atoms with E-state index in [0.29, 0.717) is 24.4 Å². The van der Waals surface area contributed by atoms with E-state index in [1.54, 1.807) is 17.8 Å². The number of methoxy groups -OCH3 is 1. The van der Waals surface area contributed by atoms with Gasteiger partial charge in [-0.05, 0) is 31.0 Å². The van der Waals surface area contributed by atoms with Crippen molar-refractivity contribution in [1.82, 2.24) is 19.9 Å². The number of carbonyl (C=O) groups is 1. The van der Waals surface area contributed by atoms with Crippen molar-refractivity contribution in [2.45, 2.75) is 27.0 Å². The van der Waals surface area contributed by atoms with Gasteiger partial charge in [-0.3, -0.25) is 4.79 Å². The van der Waals surface area contributed by atoms with Gasteiger partial charge in [0.1, 0.15) is 5.56 Å². The molecule has 1 amide bonds. The summed E-state index contributed by atoms with van der Waals surface area (Å²) in [7, 11) is 1.67. The van der Waals surface area contributed by atoms with Crippen molar-refractivity contribution in [3.8, 4) is 0 Å². The zero-order valence-electron chi connectivity index (χ0n) is 14.0. The fraction of sp³-hybridized carbons (Fsp3) is 0.278. The van der Waals surface area contributed by atoms with Crippen LogP contribution < -0.4 is 5.32 Å². The van der Waals surface area contributed by atoms with E-state index in [4.69, 9.17) is 4.74 Å². The summed E-state index contributed by atoms with van der Waals surface area (Å²) in [5, 5.41) is 7.17. The van der Waals surface area contributed by atoms with Crippen molar-refractivity contribution in [3.05, 3.63) is 64.6 Å². The zero-order valence-corrected chi connectivity index (χ0v) is 14.0. The molecule has 124 valence electrons. The lowest BCUT2D eigenvalue weighted by molar-refractivity contribution is 0.0952. The highest BCUT2D eigenvalue weighted by molar-refractivity contribution is 5.99. The number of aromatic nitrogens is 3. The predicted octanol–water partition coefficient (Wildman–Crippen LogP) is 2.42. The Morgan fingerprint density at radius 3 is 2.62 bits per heavy atom. The molecule has 6 heteroatoms. The van der Waals surface area contributed by atoms with Crippen LogP contribution in [0.1, 0.15) is 32.9 Å². The van der Waals surface area contributed by atoms with E-state index in [-0.39, 0.29) is 5.91 Å². The van der Waals surface area contributed by atoms with Gasteiger partial charge in [0.15, 0.2) is 5.65 Å². The first-order chi connectivity index (χ1) is 11.6. The molecular weight excluding hydrogens is 304 g/mol. The van der Waals surface area contributed by atoms with Crippen LogP contribution in [0.4, 0.5) is 0 Å². The Hall–Kier alpha value is -2.73. The number of hydrogen-bond donors (Lipinski definition) is 1. The van der Waals surface area contributed by atoms with Crippen molar-refractivity contribution in [1.29, 1.82) is 0 Å². The minimum absolute atomic E-state index is 0.177. The summed E-state index contributed by atoms with van der Waals surface area (Å²) in [6, 6.07) is 9.89. The molecule has 0 aliphatic carbocycles. The van der Waals surface area contributed by atoms with Crippen LogP contribution in [0.3, 0.4) is 0 Å². The van der Waals surface area contributed by atoms with Crippen molar-refractivity contribution in [3.63, 3.8) is 0 Å². The van der Waals surface area contributed by atoms with Crippen LogP contribution in [0.25, 0.3) is 5.65 Å². The molecule has 0 aliphatic rings. The van der Waals surface area contributed by atoms with Gasteiger partial charge in [0, 0.05) is 25.0 Å². The number of hydrogen-bond acceptors (Lipinski definition) is 4. The first kappa shape index (κ1) is 16.1. The average Bonchev–Trinajstić information content (AvgIpc) is 2.98. The Bertz CT molecular complexity index is 869. The summed E-state index contributed by atoms with van der Waals surface area (Å²) < 4.78 is 6.77. The summed E-state index contributed by atoms with van der Waals surface area (Å²) >= 11 is 0. The first-order valence-electron chi connectivity index (χ1n) is 7.75. The van der Waals surface area contributed by atoms with Gasteiger partial charge < -0.3 is 10.1 Å². The molecule has 1 aromatic carbocycles. The number of aryl methyl sites for hydroxylation is 2. The van der Waals surface area contributed by atoms with Crippen LogP contribution in [0.15, 0.2) is 36.5 Å². The highest BCUT2D eigenvalue weighted by Crippen LogP contribution is 2.12. The van der Waals surface area contributed by atoms with Gasteiger partial charge in [0.2, 0.25) is 0 Å². The summed E-state index contributed by atoms with van der Waals surface area (Å²) in [4.78, 5) is 16.9. The van der Waals surface area contributed by atoms with Crippen molar-refractivity contribution in [2.75, 3.05) is 7.11 Å². The lowest BCUT2D eigenvalue weighted by atomic mass is 10.1. The Balaban J connectivity index is 1.73. The molecule has 3 aromatic rings. The maximum atomic E-state index is 12.5. The fourth-order valence-corrected chi connectivity index (χ4v) is 2.63. The Kier molecular flexibility index (Phi) is 4.57. The van der Waals surface area contributed by atoms with Crippen LogP contribution in [0.5, 0.6) is 0 Å². The highest BCUT2D eigenvalue weighted by atomic mass is 16.5. The lowest BCUT2D eigenvalue weighted by Crippen LogP contribution is -2.22. The fourth-order valence-electron chi connectivity index (χ4n) is 2.63. The molecule has 0 spiro atoms. The lowest BCUT2D eigenvalue weighted by Gasteiger charge is -2.06. The molecule has 24 heavy (non-hydrogen) atoms. The molecule has 6 nitrogen and oxygen atoms in total. The minimum Gasteiger partial charge on any atom is -0.380 e. The second kappa shape index (κ2) is 6.80. The van der Waals surface area contributed by atoms with Gasteiger partial charge in [0.05, 0.1) is 12.8 Å². The molecular formula is C18H20N4O2. The van der Waals surface area contributed by atoms with Gasteiger partial charge in [-0.25, -0.2) is 9.50 Å². The predicted molar refractivity (Wildman–Crippen MR) is 90.8 cm³/mol. The molecule has 0 atom stereocenters. The zero-order chi connectivity index (χ0) is 17.1. The molecule has 0 fully saturated rings. The average molecular weight is 324 g/mol. The van der Waals surface area contributed by atoms with Gasteiger partial charge in [0.25, 0.3) is 5.91 Å². The molecule has 0 aliphatic heterocycles. The Labute approximate surface area is 140 Å². The second-order valence-electron chi connectivity index (χ2n) is 5.76. The molecule has 0 unspecified atom stereocenters. The number of rotatable bonds is 5. The molecule has 0 radical (unpaired) electrons. The number of carbonyl (C=O) groups excluding carboxylic acids is 1. The quantitative estimate of drug-likeness (QED) is 0.782. The maximum Gasteiger partial charge on any atom is 0.257 e. The van der Waals surface area contributed by atoms with Crippen LogP contribution in [-0.2, 0) is 17.9 Å². The smallest absolute Gasteiger partial charge is 0.257 e. The molecule has 1 N–H and O–H groups in total. The summed E-state index contributed by atoms with van der Waals surface area (Å²) in [6.45, 7) is 4.88. The monoisotopic (exact) mass is 324 g/mol. The number of nitrogens with one attached hydrogen (secondary N) is 1. The second-order valence-corrected chi connectivity index (χ2v) is 5.76. The number of amides is 1. The maximum absolute atomic E-state index is 12.5. The number of fused-ring (bicyclic) bond motifs is 1. The van der Waals surface area contributed by atoms with Crippen molar-refractivity contribution < 1.29 is 9.53 Å². The molecule has 2 aromatic heterocycles. The van der Waals surface area contributed by atoms with E-state index in [9.17, 15) is 4.79 Å². The normalized spacial score (nSPS) is 11.0. The van der Waals surface area contributed by atoms with E-state index < -0.39 is 0 Å². The number of nitrogens with zero attached hydrogens (tertiary/aromatic N) is 3. The van der Waals surface area contributed by atoms with E-state index in [0.717, 1.165) is 22.5 Å². The molecule has 0 saturated heterocycles. The van der Waals surface area contributed by atoms with Crippen molar-refractivity contribution >= 4 is 11.6 Å². The third-order valence-corrected chi connectivity index (χ3v) is 3.81. The minimum atomic E-state index is -0.177. The molecule has 3 rings (SSSR count). The summed E-state index contributed by atoms with van der Waals surface area (Å²) in [6.07, 6.45) is 1.56. The van der Waals surface area contributed by atoms with Gasteiger partial charge in [-0.1, -0.05) is 24.3 Å². The van der Waals surface area contributed by atoms with Crippen LogP contribution in [0.2, 0.25) is 0 Å². The van der Waals surface area contributed by atoms with Gasteiger partial charge in [-0.15, -0.1) is 0 Å². The number of benzene rings is 1. The largest absolute Gasteiger partial charge is 0.380 e. The molecule has 0 bridgehead atoms. The first-order valence-corrected chi connectivity index (χ1v) is 7.75. The SMILES string of the molecule is COCc1ccc(CNC(=O)c2cnn3c(C)cc(C)nc23)cc1. The van der Waals surface area contributed by atoms with Gasteiger partial charge >= 0.3 is 0 Å². The molecule has 2 heterocycles.